The number of halogens is 8. The molecule has 14 heavy (non-hydrogen) atoms. The van der Waals surface area contributed by atoms with E-state index in [9.17, 15) is 26.3 Å². The van der Waals surface area contributed by atoms with Gasteiger partial charge in [-0.2, -0.15) is 26.3 Å². The summed E-state index contributed by atoms with van der Waals surface area (Å²) in [6, 6.07) is -1.27. The summed E-state index contributed by atoms with van der Waals surface area (Å²) in [6.07, 6.45) is -10.7. The second-order valence-corrected chi connectivity index (χ2v) is 11.0. The smallest absolute Gasteiger partial charge is 0.170 e. The Morgan fingerprint density at radius 3 is 1.36 bits per heavy atom. The first kappa shape index (κ1) is 14.4. The van der Waals surface area contributed by atoms with Gasteiger partial charge in [-0.3, -0.25) is 0 Å². The highest BCUT2D eigenvalue weighted by molar-refractivity contribution is 7.44. The molecule has 0 aromatic carbocycles. The molecule has 0 heterocycles. The van der Waals surface area contributed by atoms with Crippen molar-refractivity contribution in [2.45, 2.75) is 24.9 Å². The largest absolute Gasteiger partial charge is 0.400 e. The molecule has 0 rings (SSSR count). The fourth-order valence-electron chi connectivity index (χ4n) is 0.775. The van der Waals surface area contributed by atoms with Gasteiger partial charge in [0.25, 0.3) is 0 Å². The van der Waals surface area contributed by atoms with Gasteiger partial charge in [-0.1, -0.05) is 0 Å². The number of hydrogen-bond donors (Lipinski definition) is 0. The van der Waals surface area contributed by atoms with E-state index in [0.717, 1.165) is 6.55 Å². The molecule has 0 N–H and O–H groups in total. The van der Waals surface area contributed by atoms with Gasteiger partial charge in [-0.05, 0) is 12.6 Å². The predicted octanol–water partition coefficient (Wildman–Crippen LogP) is 4.28. The lowest BCUT2D eigenvalue weighted by Crippen LogP contribution is -2.40. The van der Waals surface area contributed by atoms with Gasteiger partial charge >= 0.3 is 12.4 Å². The molecule has 0 saturated heterocycles. The Morgan fingerprint density at radius 1 is 1.00 bits per heavy atom. The molecule has 0 bridgehead atoms. The van der Waals surface area contributed by atoms with Gasteiger partial charge in [0.15, 0.2) is 5.92 Å². The van der Waals surface area contributed by atoms with Crippen molar-refractivity contribution < 1.29 is 26.3 Å². The highest BCUT2D eigenvalue weighted by Gasteiger charge is 2.58. The van der Waals surface area contributed by atoms with E-state index in [-0.39, 0.29) is 0 Å². The maximum absolute atomic E-state index is 11.9. The van der Waals surface area contributed by atoms with E-state index in [0.29, 0.717) is 0 Å². The zero-order chi connectivity index (χ0) is 11.8. The Kier molecular flexibility index (Phi) is 4.20. The standard InChI is InChI=1S/C5H6Cl2F6Si/c1-14(6,7)2-3(4(8,9)10)5(11,12)13/h3H,2H2,1H3. The Hall–Kier alpha value is 0.377. The second kappa shape index (κ2) is 4.09. The minimum Gasteiger partial charge on any atom is -0.170 e. The van der Waals surface area contributed by atoms with Crippen molar-refractivity contribution in [3.8, 4) is 0 Å². The normalized spacial score (nSPS) is 15.0. The van der Waals surface area contributed by atoms with Crippen molar-refractivity contribution in [2.24, 2.45) is 5.92 Å². The van der Waals surface area contributed by atoms with E-state index < -0.39 is 31.0 Å². The van der Waals surface area contributed by atoms with Crippen LogP contribution in [0.4, 0.5) is 26.3 Å². The monoisotopic (exact) mass is 278 g/mol. The summed E-state index contributed by atoms with van der Waals surface area (Å²) in [4.78, 5) is 0. The second-order valence-electron chi connectivity index (χ2n) is 2.91. The van der Waals surface area contributed by atoms with E-state index in [1.165, 1.54) is 0 Å². The molecule has 0 saturated carbocycles. The highest BCUT2D eigenvalue weighted by atomic mass is 35.7. The lowest BCUT2D eigenvalue weighted by Gasteiger charge is -2.25. The van der Waals surface area contributed by atoms with Gasteiger partial charge in [-0.25, -0.2) is 0 Å². The van der Waals surface area contributed by atoms with Crippen molar-refractivity contribution in [2.75, 3.05) is 0 Å². The van der Waals surface area contributed by atoms with E-state index in [4.69, 9.17) is 22.2 Å². The third kappa shape index (κ3) is 5.31. The Labute approximate surface area is 86.6 Å². The fraction of sp³-hybridized carbons (Fsp3) is 1.00. The first-order valence-corrected chi connectivity index (χ1v) is 8.08. The van der Waals surface area contributed by atoms with Crippen LogP contribution in [0, 0.1) is 5.92 Å². The molecule has 0 spiro atoms. The maximum Gasteiger partial charge on any atom is 0.400 e. The molecular weight excluding hydrogens is 273 g/mol. The van der Waals surface area contributed by atoms with Crippen LogP contribution in [0.5, 0.6) is 0 Å². The van der Waals surface area contributed by atoms with Crippen LogP contribution >= 0.6 is 22.2 Å². The summed E-state index contributed by atoms with van der Waals surface area (Å²) in [6.45, 7) is -2.42. The van der Waals surface area contributed by atoms with Gasteiger partial charge in [0, 0.05) is 0 Å². The molecule has 0 aromatic rings. The molecule has 0 atom stereocenters. The summed E-state index contributed by atoms with van der Waals surface area (Å²) >= 11 is 10.5. The van der Waals surface area contributed by atoms with E-state index in [2.05, 4.69) is 0 Å². The third-order valence-corrected chi connectivity index (χ3v) is 3.40. The molecule has 0 radical (unpaired) electrons. The molecule has 0 aliphatic carbocycles. The van der Waals surface area contributed by atoms with Gasteiger partial charge in [-0.15, -0.1) is 22.2 Å². The third-order valence-electron chi connectivity index (χ3n) is 1.35. The Bertz CT molecular complexity index is 178. The average Bonchev–Trinajstić information content (AvgIpc) is 1.75. The molecule has 0 aromatic heterocycles. The van der Waals surface area contributed by atoms with Gasteiger partial charge < -0.3 is 0 Å². The van der Waals surface area contributed by atoms with Crippen molar-refractivity contribution in [3.05, 3.63) is 0 Å². The first-order chi connectivity index (χ1) is 5.84. The molecular formula is C5H6Cl2F6Si. The van der Waals surface area contributed by atoms with Crippen LogP contribution < -0.4 is 0 Å². The lowest BCUT2D eigenvalue weighted by atomic mass is 10.1. The minimum atomic E-state index is -5.35. The highest BCUT2D eigenvalue weighted by Crippen LogP contribution is 2.45. The molecule has 0 nitrogen and oxygen atoms in total. The number of alkyl halides is 6. The molecule has 0 aliphatic rings. The Balaban J connectivity index is 4.78. The van der Waals surface area contributed by atoms with Gasteiger partial charge in [0.1, 0.15) is 0 Å². The molecule has 86 valence electrons. The van der Waals surface area contributed by atoms with Crippen LogP contribution in [0.3, 0.4) is 0 Å². The topological polar surface area (TPSA) is 0 Å². The van der Waals surface area contributed by atoms with Crippen LogP contribution in [0.2, 0.25) is 12.6 Å². The molecule has 0 aliphatic heterocycles. The Morgan fingerprint density at radius 2 is 1.29 bits per heavy atom. The van der Waals surface area contributed by atoms with Gasteiger partial charge in [0.05, 0.1) is 0 Å². The molecule has 0 fully saturated rings. The van der Waals surface area contributed by atoms with Crippen molar-refractivity contribution in [1.82, 2.24) is 0 Å². The summed E-state index contributed by atoms with van der Waals surface area (Å²) < 4.78 is 71.6. The minimum absolute atomic E-state index is 1.01. The number of hydrogen-bond acceptors (Lipinski definition) is 0. The van der Waals surface area contributed by atoms with Gasteiger partial charge in [0.2, 0.25) is 6.69 Å². The zero-order valence-corrected chi connectivity index (χ0v) is 9.32. The summed E-state index contributed by atoms with van der Waals surface area (Å²) in [5.74, 6) is -3.43. The fourth-order valence-corrected chi connectivity index (χ4v) is 2.88. The molecule has 9 heteroatoms. The average molecular weight is 279 g/mol. The predicted molar refractivity (Wildman–Crippen MR) is 43.7 cm³/mol. The molecule has 0 amide bonds. The van der Waals surface area contributed by atoms with Crippen LogP contribution in [-0.2, 0) is 0 Å². The summed E-state index contributed by atoms with van der Waals surface area (Å²) in [7, 11) is 0. The van der Waals surface area contributed by atoms with E-state index >= 15 is 0 Å². The van der Waals surface area contributed by atoms with Crippen LogP contribution in [0.1, 0.15) is 0 Å². The van der Waals surface area contributed by atoms with Crippen LogP contribution in [-0.4, -0.2) is 19.0 Å². The summed E-state index contributed by atoms with van der Waals surface area (Å²) in [5, 5.41) is 0. The van der Waals surface area contributed by atoms with Crippen molar-refractivity contribution >= 4 is 28.9 Å². The lowest BCUT2D eigenvalue weighted by molar-refractivity contribution is -0.277. The van der Waals surface area contributed by atoms with E-state index in [1.54, 1.807) is 0 Å². The SMILES string of the molecule is C[Si](Cl)(Cl)CC(C(F)(F)F)C(F)(F)F. The van der Waals surface area contributed by atoms with Crippen LogP contribution in [0.25, 0.3) is 0 Å². The maximum atomic E-state index is 11.9. The zero-order valence-electron chi connectivity index (χ0n) is 6.81. The van der Waals surface area contributed by atoms with Crippen molar-refractivity contribution in [1.29, 1.82) is 0 Å². The quantitative estimate of drug-likeness (QED) is 0.402. The first-order valence-electron chi connectivity index (χ1n) is 3.35. The van der Waals surface area contributed by atoms with Crippen LogP contribution in [0.15, 0.2) is 0 Å². The molecule has 0 unspecified atom stereocenters. The van der Waals surface area contributed by atoms with E-state index in [1.807, 2.05) is 0 Å². The van der Waals surface area contributed by atoms with Crippen molar-refractivity contribution in [3.63, 3.8) is 0 Å². The number of rotatable bonds is 2. The summed E-state index contributed by atoms with van der Waals surface area (Å²) in [5.41, 5.74) is 0.